The minimum Gasteiger partial charge on any atom is -0.482 e. The molecular weight excluding hydrogens is 370 g/mol. The van der Waals surface area contributed by atoms with Gasteiger partial charge < -0.3 is 14.8 Å². The normalized spacial score (nSPS) is 10.3. The van der Waals surface area contributed by atoms with Crippen molar-refractivity contribution in [3.8, 4) is 5.75 Å². The van der Waals surface area contributed by atoms with E-state index in [1.54, 1.807) is 30.3 Å². The van der Waals surface area contributed by atoms with Crippen LogP contribution in [0.4, 0.5) is 5.69 Å². The van der Waals surface area contributed by atoms with Gasteiger partial charge in [-0.25, -0.2) is 4.79 Å². The number of Topliss-reactive ketones (excluding diaryl/α,β-unsaturated/α-hetero) is 1. The Balaban J connectivity index is 1.75. The van der Waals surface area contributed by atoms with Gasteiger partial charge in [-0.2, -0.15) is 0 Å². The van der Waals surface area contributed by atoms with Crippen LogP contribution in [0.5, 0.6) is 5.75 Å². The Morgan fingerprint density at radius 1 is 0.931 bits per heavy atom. The molecule has 6 nitrogen and oxygen atoms in total. The predicted octanol–water partition coefficient (Wildman–Crippen LogP) is 4.32. The molecule has 0 aliphatic heterocycles. The molecule has 2 rings (SSSR count). The molecule has 1 N–H and O–H groups in total. The van der Waals surface area contributed by atoms with Gasteiger partial charge in [0, 0.05) is 17.7 Å². The zero-order chi connectivity index (χ0) is 21.1. The molecule has 0 fully saturated rings. The average molecular weight is 397 g/mol. The van der Waals surface area contributed by atoms with Crippen LogP contribution in [-0.4, -0.2) is 30.9 Å². The molecule has 6 heteroatoms. The summed E-state index contributed by atoms with van der Waals surface area (Å²) in [4.78, 5) is 35.8. The number of amides is 1. The van der Waals surface area contributed by atoms with Gasteiger partial charge in [-0.3, -0.25) is 9.59 Å². The number of carbonyl (C=O) groups is 3. The van der Waals surface area contributed by atoms with Crippen molar-refractivity contribution in [2.75, 3.05) is 18.5 Å². The monoisotopic (exact) mass is 397 g/mol. The number of anilines is 1. The first kappa shape index (κ1) is 22.1. The van der Waals surface area contributed by atoms with E-state index in [-0.39, 0.29) is 24.9 Å². The van der Waals surface area contributed by atoms with E-state index in [4.69, 9.17) is 9.47 Å². The lowest BCUT2D eigenvalue weighted by atomic mass is 10.1. The molecule has 2 aromatic carbocycles. The number of benzene rings is 2. The summed E-state index contributed by atoms with van der Waals surface area (Å²) in [6.45, 7) is 3.34. The third-order valence-corrected chi connectivity index (χ3v) is 4.30. The summed E-state index contributed by atoms with van der Waals surface area (Å²) in [5, 5.41) is 2.80. The van der Waals surface area contributed by atoms with E-state index < -0.39 is 5.97 Å². The number of esters is 1. The van der Waals surface area contributed by atoms with Gasteiger partial charge in [-0.05, 0) is 49.2 Å². The molecule has 0 unspecified atom stereocenters. The topological polar surface area (TPSA) is 81.7 Å². The Morgan fingerprint density at radius 2 is 1.66 bits per heavy atom. The Labute approximate surface area is 171 Å². The fourth-order valence-electron chi connectivity index (χ4n) is 2.62. The predicted molar refractivity (Wildman–Crippen MR) is 111 cm³/mol. The maximum absolute atomic E-state index is 12.2. The number of nitrogens with one attached hydrogen (secondary N) is 1. The van der Waals surface area contributed by atoms with Gasteiger partial charge in [0.05, 0.1) is 0 Å². The highest BCUT2D eigenvalue weighted by molar-refractivity contribution is 5.98. The maximum Gasteiger partial charge on any atom is 0.344 e. The second-order valence-electron chi connectivity index (χ2n) is 6.72. The number of ether oxygens (including phenoxy) is 2. The number of unbranched alkanes of at least 4 members (excludes halogenated alkanes) is 2. The van der Waals surface area contributed by atoms with E-state index in [0.29, 0.717) is 23.4 Å². The van der Waals surface area contributed by atoms with E-state index in [1.165, 1.54) is 0 Å². The number of ketones is 1. The summed E-state index contributed by atoms with van der Waals surface area (Å²) in [5.74, 6) is -0.379. The summed E-state index contributed by atoms with van der Waals surface area (Å²) >= 11 is 0. The molecular formula is C23H27NO5. The van der Waals surface area contributed by atoms with E-state index >= 15 is 0 Å². The molecule has 0 aliphatic rings. The van der Waals surface area contributed by atoms with Crippen LogP contribution in [0.3, 0.4) is 0 Å². The zero-order valence-corrected chi connectivity index (χ0v) is 16.9. The summed E-state index contributed by atoms with van der Waals surface area (Å²) in [7, 11) is 0. The SMILES string of the molecule is CCCCCC(=O)Nc1ccc(C(=O)COC(=O)COc2ccccc2C)cc1. The molecule has 0 bridgehead atoms. The Bertz CT molecular complexity index is 829. The number of aryl methyl sites for hydroxylation is 1. The minimum atomic E-state index is -0.613. The van der Waals surface area contributed by atoms with Crippen molar-refractivity contribution in [2.24, 2.45) is 0 Å². The highest BCUT2D eigenvalue weighted by Crippen LogP contribution is 2.16. The van der Waals surface area contributed by atoms with Gasteiger partial charge in [0.1, 0.15) is 5.75 Å². The maximum atomic E-state index is 12.2. The zero-order valence-electron chi connectivity index (χ0n) is 16.9. The van der Waals surface area contributed by atoms with Gasteiger partial charge in [-0.15, -0.1) is 0 Å². The van der Waals surface area contributed by atoms with E-state index in [0.717, 1.165) is 24.8 Å². The van der Waals surface area contributed by atoms with Crippen molar-refractivity contribution in [3.63, 3.8) is 0 Å². The fraction of sp³-hybridized carbons (Fsp3) is 0.348. The van der Waals surface area contributed by atoms with Crippen LogP contribution in [0.2, 0.25) is 0 Å². The van der Waals surface area contributed by atoms with Gasteiger partial charge in [0.25, 0.3) is 0 Å². The van der Waals surface area contributed by atoms with Crippen molar-refractivity contribution in [3.05, 3.63) is 59.7 Å². The van der Waals surface area contributed by atoms with E-state index in [9.17, 15) is 14.4 Å². The van der Waals surface area contributed by atoms with Crippen LogP contribution in [0.1, 0.15) is 48.5 Å². The third-order valence-electron chi connectivity index (χ3n) is 4.30. The lowest BCUT2D eigenvalue weighted by Crippen LogP contribution is -2.19. The molecule has 0 radical (unpaired) electrons. The molecule has 0 spiro atoms. The number of hydrogen-bond acceptors (Lipinski definition) is 5. The Kier molecular flexibility index (Phi) is 8.89. The molecule has 0 atom stereocenters. The Hall–Kier alpha value is -3.15. The first-order valence-corrected chi connectivity index (χ1v) is 9.76. The standard InChI is InChI=1S/C23H27NO5/c1-3-4-5-10-22(26)24-19-13-11-18(12-14-19)20(25)15-29-23(27)16-28-21-9-7-6-8-17(21)2/h6-9,11-14H,3-5,10,15-16H2,1-2H3,(H,24,26). The summed E-state index contributed by atoms with van der Waals surface area (Å²) < 4.78 is 10.4. The molecule has 0 saturated carbocycles. The minimum absolute atomic E-state index is 0.0416. The molecule has 29 heavy (non-hydrogen) atoms. The molecule has 0 saturated heterocycles. The number of carbonyl (C=O) groups excluding carboxylic acids is 3. The molecule has 0 aromatic heterocycles. The molecule has 0 aliphatic carbocycles. The van der Waals surface area contributed by atoms with Crippen molar-refractivity contribution < 1.29 is 23.9 Å². The Morgan fingerprint density at radius 3 is 2.34 bits per heavy atom. The quantitative estimate of drug-likeness (QED) is 0.347. The largest absolute Gasteiger partial charge is 0.482 e. The fourth-order valence-corrected chi connectivity index (χ4v) is 2.62. The molecule has 0 heterocycles. The van der Waals surface area contributed by atoms with Crippen LogP contribution in [0.15, 0.2) is 48.5 Å². The second-order valence-corrected chi connectivity index (χ2v) is 6.72. The van der Waals surface area contributed by atoms with E-state index in [1.807, 2.05) is 25.1 Å². The van der Waals surface area contributed by atoms with E-state index in [2.05, 4.69) is 12.2 Å². The van der Waals surface area contributed by atoms with Gasteiger partial charge in [0.15, 0.2) is 19.0 Å². The lowest BCUT2D eigenvalue weighted by molar-refractivity contribution is -0.144. The van der Waals surface area contributed by atoms with Crippen molar-refractivity contribution in [2.45, 2.75) is 39.5 Å². The van der Waals surface area contributed by atoms with Crippen LogP contribution in [0, 0.1) is 6.92 Å². The number of hydrogen-bond donors (Lipinski definition) is 1. The first-order valence-electron chi connectivity index (χ1n) is 9.76. The third kappa shape index (κ3) is 7.78. The van der Waals surface area contributed by atoms with Crippen LogP contribution in [0.25, 0.3) is 0 Å². The van der Waals surface area contributed by atoms with Crippen molar-refractivity contribution >= 4 is 23.3 Å². The van der Waals surface area contributed by atoms with Crippen LogP contribution < -0.4 is 10.1 Å². The lowest BCUT2D eigenvalue weighted by Gasteiger charge is -2.09. The first-order chi connectivity index (χ1) is 14.0. The van der Waals surface area contributed by atoms with Crippen LogP contribution in [-0.2, 0) is 14.3 Å². The second kappa shape index (κ2) is 11.6. The number of para-hydroxylation sites is 1. The summed E-state index contributed by atoms with van der Waals surface area (Å²) in [5.41, 5.74) is 1.95. The van der Waals surface area contributed by atoms with Crippen molar-refractivity contribution in [1.82, 2.24) is 0 Å². The summed E-state index contributed by atoms with van der Waals surface area (Å²) in [6, 6.07) is 13.8. The summed E-state index contributed by atoms with van der Waals surface area (Å²) in [6.07, 6.45) is 3.43. The number of rotatable bonds is 11. The smallest absolute Gasteiger partial charge is 0.344 e. The molecule has 1 amide bonds. The average Bonchev–Trinajstić information content (AvgIpc) is 2.72. The highest BCUT2D eigenvalue weighted by Gasteiger charge is 2.11. The highest BCUT2D eigenvalue weighted by atomic mass is 16.6. The van der Waals surface area contributed by atoms with Gasteiger partial charge in [0.2, 0.25) is 5.91 Å². The molecule has 154 valence electrons. The van der Waals surface area contributed by atoms with Gasteiger partial charge >= 0.3 is 5.97 Å². The molecule has 2 aromatic rings. The van der Waals surface area contributed by atoms with Crippen LogP contribution >= 0.6 is 0 Å². The van der Waals surface area contributed by atoms with Crippen molar-refractivity contribution in [1.29, 1.82) is 0 Å². The van der Waals surface area contributed by atoms with Gasteiger partial charge in [-0.1, -0.05) is 38.0 Å².